The fraction of sp³-hybridized carbons (Fsp3) is 0.222. The molecule has 0 saturated carbocycles. The van der Waals surface area contributed by atoms with Crippen LogP contribution in [0.1, 0.15) is 23.2 Å². The normalized spacial score (nSPS) is 10.2. The van der Waals surface area contributed by atoms with Crippen LogP contribution >= 0.6 is 27.5 Å². The van der Waals surface area contributed by atoms with E-state index in [0.717, 1.165) is 10.2 Å². The van der Waals surface area contributed by atoms with Crippen LogP contribution in [0.4, 0.5) is 5.69 Å². The van der Waals surface area contributed by atoms with E-state index in [2.05, 4.69) is 26.6 Å². The van der Waals surface area contributed by atoms with E-state index in [0.29, 0.717) is 35.7 Å². The predicted octanol–water partition coefficient (Wildman–Crippen LogP) is 4.26. The van der Waals surface area contributed by atoms with Crippen LogP contribution in [0.2, 0.25) is 5.02 Å². The second-order valence-electron chi connectivity index (χ2n) is 5.23. The largest absolute Gasteiger partial charge is 0.494 e. The van der Waals surface area contributed by atoms with E-state index in [4.69, 9.17) is 16.3 Å². The number of hydrogen-bond donors (Lipinski definition) is 2. The first-order valence-corrected chi connectivity index (χ1v) is 8.86. The summed E-state index contributed by atoms with van der Waals surface area (Å²) in [7, 11) is 1.52. The zero-order valence-corrected chi connectivity index (χ0v) is 16.0. The molecule has 2 aromatic carbocycles. The highest BCUT2D eigenvalue weighted by atomic mass is 79.9. The second kappa shape index (κ2) is 9.44. The molecule has 2 rings (SSSR count). The lowest BCUT2D eigenvalue weighted by Gasteiger charge is -2.09. The predicted molar refractivity (Wildman–Crippen MR) is 102 cm³/mol. The number of amides is 2. The van der Waals surface area contributed by atoms with Crippen molar-refractivity contribution in [3.05, 3.63) is 57.5 Å². The molecular weight excluding hydrogens is 408 g/mol. The van der Waals surface area contributed by atoms with Crippen LogP contribution in [-0.4, -0.2) is 25.5 Å². The molecule has 2 aromatic rings. The lowest BCUT2D eigenvalue weighted by atomic mass is 10.2. The van der Waals surface area contributed by atoms with Gasteiger partial charge in [-0.05, 0) is 42.8 Å². The van der Waals surface area contributed by atoms with Gasteiger partial charge in [-0.15, -0.1) is 0 Å². The summed E-state index contributed by atoms with van der Waals surface area (Å²) in [5, 5.41) is 5.60. The lowest BCUT2D eigenvalue weighted by Crippen LogP contribution is -2.19. The average molecular weight is 426 g/mol. The first kappa shape index (κ1) is 19.3. The molecule has 2 amide bonds. The smallest absolute Gasteiger partial charge is 0.252 e. The van der Waals surface area contributed by atoms with Crippen molar-refractivity contribution < 1.29 is 14.3 Å². The van der Waals surface area contributed by atoms with Gasteiger partial charge >= 0.3 is 0 Å². The second-order valence-corrected chi connectivity index (χ2v) is 6.55. The van der Waals surface area contributed by atoms with E-state index in [-0.39, 0.29) is 11.8 Å². The molecular formula is C18H18BrClN2O3. The zero-order valence-electron chi connectivity index (χ0n) is 13.6. The minimum absolute atomic E-state index is 0.150. The Bertz CT molecular complexity index is 768. The maximum absolute atomic E-state index is 12.0. The summed E-state index contributed by atoms with van der Waals surface area (Å²) in [6.07, 6.45) is 0.889. The summed E-state index contributed by atoms with van der Waals surface area (Å²) in [5.41, 5.74) is 0.848. The molecule has 0 spiro atoms. The standard InChI is InChI=1S/C18H18BrClN2O3/c1-21-18(24)15-11-13(7-8-16(15)20)22-17(23)6-3-9-25-14-5-2-4-12(19)10-14/h2,4-5,7-8,10-11H,3,6,9H2,1H3,(H,21,24)(H,22,23). The Hall–Kier alpha value is -2.05. The van der Waals surface area contributed by atoms with Crippen LogP contribution < -0.4 is 15.4 Å². The molecule has 0 aromatic heterocycles. The van der Waals surface area contributed by atoms with Gasteiger partial charge in [0.05, 0.1) is 17.2 Å². The first-order valence-electron chi connectivity index (χ1n) is 7.69. The molecule has 0 radical (unpaired) electrons. The summed E-state index contributed by atoms with van der Waals surface area (Å²) in [6.45, 7) is 0.438. The number of benzene rings is 2. The topological polar surface area (TPSA) is 67.4 Å². The summed E-state index contributed by atoms with van der Waals surface area (Å²) < 4.78 is 6.53. The third-order valence-electron chi connectivity index (χ3n) is 3.33. The van der Waals surface area contributed by atoms with Gasteiger partial charge in [-0.3, -0.25) is 9.59 Å². The number of nitrogens with one attached hydrogen (secondary N) is 2. The highest BCUT2D eigenvalue weighted by Crippen LogP contribution is 2.21. The Kier molecular flexibility index (Phi) is 7.28. The van der Waals surface area contributed by atoms with Crippen LogP contribution in [0.25, 0.3) is 0 Å². The van der Waals surface area contributed by atoms with E-state index < -0.39 is 0 Å². The van der Waals surface area contributed by atoms with Crippen molar-refractivity contribution in [2.24, 2.45) is 0 Å². The molecule has 0 saturated heterocycles. The van der Waals surface area contributed by atoms with E-state index in [1.807, 2.05) is 24.3 Å². The van der Waals surface area contributed by atoms with E-state index >= 15 is 0 Å². The molecule has 7 heteroatoms. The third kappa shape index (κ3) is 6.07. The van der Waals surface area contributed by atoms with Gasteiger partial charge in [-0.2, -0.15) is 0 Å². The van der Waals surface area contributed by atoms with Gasteiger partial charge in [0.15, 0.2) is 0 Å². The van der Waals surface area contributed by atoms with Gasteiger partial charge in [0.1, 0.15) is 5.75 Å². The molecule has 0 unspecified atom stereocenters. The first-order chi connectivity index (χ1) is 12.0. The molecule has 25 heavy (non-hydrogen) atoms. The van der Waals surface area contributed by atoms with Gasteiger partial charge in [0.2, 0.25) is 5.91 Å². The van der Waals surface area contributed by atoms with Gasteiger partial charge in [0.25, 0.3) is 5.91 Å². The minimum atomic E-state index is -0.302. The third-order valence-corrected chi connectivity index (χ3v) is 4.16. The Morgan fingerprint density at radius 3 is 2.72 bits per heavy atom. The Labute approximate surface area is 159 Å². The quantitative estimate of drug-likeness (QED) is 0.651. The Morgan fingerprint density at radius 1 is 1.20 bits per heavy atom. The Balaban J connectivity index is 1.81. The zero-order chi connectivity index (χ0) is 18.2. The number of rotatable bonds is 7. The van der Waals surface area contributed by atoms with Crippen molar-refractivity contribution in [1.82, 2.24) is 5.32 Å². The molecule has 5 nitrogen and oxygen atoms in total. The van der Waals surface area contributed by atoms with Crippen molar-refractivity contribution in [2.45, 2.75) is 12.8 Å². The van der Waals surface area contributed by atoms with Crippen molar-refractivity contribution in [3.8, 4) is 5.75 Å². The number of ether oxygens (including phenoxy) is 1. The fourth-order valence-corrected chi connectivity index (χ4v) is 2.70. The molecule has 0 bridgehead atoms. The van der Waals surface area contributed by atoms with Crippen LogP contribution in [0, 0.1) is 0 Å². The van der Waals surface area contributed by atoms with Crippen molar-refractivity contribution in [3.63, 3.8) is 0 Å². The molecule has 0 aliphatic rings. The summed E-state index contributed by atoms with van der Waals surface area (Å²) in [6, 6.07) is 12.3. The Morgan fingerprint density at radius 2 is 2.00 bits per heavy atom. The van der Waals surface area contributed by atoms with Crippen molar-refractivity contribution in [1.29, 1.82) is 0 Å². The number of carbonyl (C=O) groups excluding carboxylic acids is 2. The van der Waals surface area contributed by atoms with Gasteiger partial charge in [-0.1, -0.05) is 33.6 Å². The number of halogens is 2. The maximum Gasteiger partial charge on any atom is 0.252 e. The van der Waals surface area contributed by atoms with Crippen LogP contribution in [-0.2, 0) is 4.79 Å². The van der Waals surface area contributed by atoms with E-state index in [1.54, 1.807) is 18.2 Å². The lowest BCUT2D eigenvalue weighted by molar-refractivity contribution is -0.116. The van der Waals surface area contributed by atoms with Crippen LogP contribution in [0.3, 0.4) is 0 Å². The van der Waals surface area contributed by atoms with Crippen LogP contribution in [0.5, 0.6) is 5.75 Å². The maximum atomic E-state index is 12.0. The minimum Gasteiger partial charge on any atom is -0.494 e. The molecule has 0 fully saturated rings. The molecule has 0 aliphatic carbocycles. The van der Waals surface area contributed by atoms with E-state index in [1.165, 1.54) is 7.05 Å². The van der Waals surface area contributed by atoms with Gasteiger partial charge in [-0.25, -0.2) is 0 Å². The summed E-state index contributed by atoms with van der Waals surface area (Å²) in [5.74, 6) is 0.300. The average Bonchev–Trinajstić information content (AvgIpc) is 2.60. The fourth-order valence-electron chi connectivity index (χ4n) is 2.11. The molecule has 2 N–H and O–H groups in total. The number of hydrogen-bond acceptors (Lipinski definition) is 3. The van der Waals surface area contributed by atoms with Gasteiger partial charge in [0, 0.05) is 23.6 Å². The number of anilines is 1. The number of carbonyl (C=O) groups is 2. The molecule has 0 atom stereocenters. The van der Waals surface area contributed by atoms with Crippen molar-refractivity contribution in [2.75, 3.05) is 19.0 Å². The van der Waals surface area contributed by atoms with Gasteiger partial charge < -0.3 is 15.4 Å². The highest BCUT2D eigenvalue weighted by molar-refractivity contribution is 9.10. The molecule has 132 valence electrons. The van der Waals surface area contributed by atoms with Crippen molar-refractivity contribution >= 4 is 45.0 Å². The van der Waals surface area contributed by atoms with Crippen LogP contribution in [0.15, 0.2) is 46.9 Å². The molecule has 0 aliphatic heterocycles. The molecule has 0 heterocycles. The van der Waals surface area contributed by atoms with E-state index in [9.17, 15) is 9.59 Å². The monoisotopic (exact) mass is 424 g/mol. The summed E-state index contributed by atoms with van der Waals surface area (Å²) in [4.78, 5) is 23.7. The highest BCUT2D eigenvalue weighted by Gasteiger charge is 2.11. The SMILES string of the molecule is CNC(=O)c1cc(NC(=O)CCCOc2cccc(Br)c2)ccc1Cl. The summed E-state index contributed by atoms with van der Waals surface area (Å²) >= 11 is 9.36.